The van der Waals surface area contributed by atoms with Crippen LogP contribution in [0.3, 0.4) is 0 Å². The SMILES string of the molecule is C=CCN([C]=O)CCCCCC. The summed E-state index contributed by atoms with van der Waals surface area (Å²) in [6.07, 6.45) is 8.38. The minimum Gasteiger partial charge on any atom is -0.331 e. The van der Waals surface area contributed by atoms with E-state index in [0.717, 1.165) is 13.0 Å². The van der Waals surface area contributed by atoms with E-state index in [1.54, 1.807) is 11.0 Å². The van der Waals surface area contributed by atoms with Crippen LogP contribution in [0.1, 0.15) is 32.6 Å². The molecule has 0 heterocycles. The highest BCUT2D eigenvalue weighted by Crippen LogP contribution is 1.99. The molecule has 0 aromatic rings. The molecule has 0 saturated heterocycles. The minimum atomic E-state index is 0.621. The van der Waals surface area contributed by atoms with Crippen LogP contribution in [0.4, 0.5) is 0 Å². The Labute approximate surface area is 75.3 Å². The van der Waals surface area contributed by atoms with Crippen molar-refractivity contribution in [1.29, 1.82) is 0 Å². The van der Waals surface area contributed by atoms with Crippen molar-refractivity contribution in [2.75, 3.05) is 13.1 Å². The lowest BCUT2D eigenvalue weighted by Gasteiger charge is -2.12. The van der Waals surface area contributed by atoms with Gasteiger partial charge in [-0.2, -0.15) is 0 Å². The molecule has 0 aliphatic heterocycles. The van der Waals surface area contributed by atoms with Crippen molar-refractivity contribution in [3.8, 4) is 0 Å². The third kappa shape index (κ3) is 5.96. The summed E-state index contributed by atoms with van der Waals surface area (Å²) in [6, 6.07) is 0. The average Bonchev–Trinajstić information content (AvgIpc) is 2.10. The van der Waals surface area contributed by atoms with Gasteiger partial charge in [0.25, 0.3) is 0 Å². The molecular formula is C10H18NO. The fourth-order valence-corrected chi connectivity index (χ4v) is 1.06. The predicted octanol–water partition coefficient (Wildman–Crippen LogP) is 2.12. The molecule has 1 amide bonds. The number of nitrogens with zero attached hydrogens (tertiary/aromatic N) is 1. The molecular weight excluding hydrogens is 150 g/mol. The summed E-state index contributed by atoms with van der Waals surface area (Å²) >= 11 is 0. The molecule has 2 heteroatoms. The lowest BCUT2D eigenvalue weighted by Crippen LogP contribution is -2.22. The Morgan fingerprint density at radius 1 is 1.42 bits per heavy atom. The molecule has 0 fully saturated rings. The van der Waals surface area contributed by atoms with Crippen LogP contribution < -0.4 is 0 Å². The van der Waals surface area contributed by atoms with E-state index in [1.807, 2.05) is 6.41 Å². The number of hydrogen-bond donors (Lipinski definition) is 0. The Morgan fingerprint density at radius 3 is 2.67 bits per heavy atom. The summed E-state index contributed by atoms with van der Waals surface area (Å²) in [5.74, 6) is 0. The first-order valence-corrected chi connectivity index (χ1v) is 4.58. The molecule has 0 N–H and O–H groups in total. The number of hydrogen-bond acceptors (Lipinski definition) is 1. The standard InChI is InChI=1S/C10H18NO/c1-3-5-6-7-9-11(10-12)8-4-2/h4H,2-3,5-9H2,1H3. The van der Waals surface area contributed by atoms with Crippen LogP contribution in [0.2, 0.25) is 0 Å². The zero-order valence-corrected chi connectivity index (χ0v) is 7.88. The van der Waals surface area contributed by atoms with Gasteiger partial charge in [0.1, 0.15) is 0 Å². The monoisotopic (exact) mass is 168 g/mol. The van der Waals surface area contributed by atoms with Gasteiger partial charge in [-0.15, -0.1) is 6.58 Å². The Hall–Kier alpha value is -0.790. The van der Waals surface area contributed by atoms with Crippen molar-refractivity contribution < 1.29 is 4.79 Å². The van der Waals surface area contributed by atoms with Gasteiger partial charge in [-0.1, -0.05) is 32.3 Å². The summed E-state index contributed by atoms with van der Waals surface area (Å²) in [5, 5.41) is 0. The third-order valence-electron chi connectivity index (χ3n) is 1.76. The summed E-state index contributed by atoms with van der Waals surface area (Å²) in [6.45, 7) is 7.18. The zero-order valence-electron chi connectivity index (χ0n) is 7.88. The normalized spacial score (nSPS) is 9.42. The van der Waals surface area contributed by atoms with Crippen LogP contribution in [0, 0.1) is 0 Å². The molecule has 0 aromatic carbocycles. The lowest BCUT2D eigenvalue weighted by atomic mass is 10.2. The van der Waals surface area contributed by atoms with Gasteiger partial charge in [0, 0.05) is 13.1 Å². The molecule has 0 spiro atoms. The number of rotatable bonds is 8. The van der Waals surface area contributed by atoms with E-state index in [4.69, 9.17) is 0 Å². The van der Waals surface area contributed by atoms with E-state index in [0.29, 0.717) is 6.54 Å². The molecule has 0 rings (SSSR count). The van der Waals surface area contributed by atoms with Gasteiger partial charge >= 0.3 is 6.41 Å². The molecule has 0 bridgehead atoms. The van der Waals surface area contributed by atoms with Gasteiger partial charge in [0.15, 0.2) is 0 Å². The molecule has 0 aromatic heterocycles. The van der Waals surface area contributed by atoms with Crippen LogP contribution in [-0.4, -0.2) is 24.4 Å². The molecule has 0 saturated carbocycles. The first-order chi connectivity index (χ1) is 5.85. The second kappa shape index (κ2) is 8.31. The first-order valence-electron chi connectivity index (χ1n) is 4.58. The van der Waals surface area contributed by atoms with Crippen molar-refractivity contribution in [2.45, 2.75) is 32.6 Å². The predicted molar refractivity (Wildman–Crippen MR) is 51.6 cm³/mol. The molecule has 69 valence electrons. The second-order valence-corrected chi connectivity index (χ2v) is 2.89. The van der Waals surface area contributed by atoms with Crippen LogP contribution in [0.25, 0.3) is 0 Å². The van der Waals surface area contributed by atoms with Crippen LogP contribution >= 0.6 is 0 Å². The summed E-state index contributed by atoms with van der Waals surface area (Å²) in [7, 11) is 0. The Bertz CT molecular complexity index is 123. The van der Waals surface area contributed by atoms with Crippen molar-refractivity contribution in [1.82, 2.24) is 4.90 Å². The second-order valence-electron chi connectivity index (χ2n) is 2.89. The molecule has 0 aliphatic rings. The topological polar surface area (TPSA) is 20.3 Å². The number of unbranched alkanes of at least 4 members (excludes halogenated alkanes) is 3. The van der Waals surface area contributed by atoms with E-state index < -0.39 is 0 Å². The van der Waals surface area contributed by atoms with Gasteiger partial charge in [-0.3, -0.25) is 4.79 Å². The van der Waals surface area contributed by atoms with E-state index >= 15 is 0 Å². The quantitative estimate of drug-likeness (QED) is 0.309. The highest BCUT2D eigenvalue weighted by molar-refractivity contribution is 5.48. The Morgan fingerprint density at radius 2 is 2.17 bits per heavy atom. The summed E-state index contributed by atoms with van der Waals surface area (Å²) in [4.78, 5) is 11.9. The van der Waals surface area contributed by atoms with Crippen molar-refractivity contribution in [3.63, 3.8) is 0 Å². The van der Waals surface area contributed by atoms with Crippen LogP contribution in [0.15, 0.2) is 12.7 Å². The van der Waals surface area contributed by atoms with Crippen LogP contribution in [0.5, 0.6) is 0 Å². The highest BCUT2D eigenvalue weighted by atomic mass is 16.1. The Kier molecular flexibility index (Phi) is 7.76. The van der Waals surface area contributed by atoms with E-state index in [9.17, 15) is 4.79 Å². The van der Waals surface area contributed by atoms with Gasteiger partial charge < -0.3 is 4.90 Å². The maximum Gasteiger partial charge on any atom is 0.312 e. The first kappa shape index (κ1) is 11.2. The van der Waals surface area contributed by atoms with Gasteiger partial charge in [-0.25, -0.2) is 0 Å². The van der Waals surface area contributed by atoms with Crippen molar-refractivity contribution in [3.05, 3.63) is 12.7 Å². The average molecular weight is 168 g/mol. The minimum absolute atomic E-state index is 0.621. The summed E-state index contributed by atoms with van der Waals surface area (Å²) < 4.78 is 0. The van der Waals surface area contributed by atoms with Crippen LogP contribution in [-0.2, 0) is 4.79 Å². The highest BCUT2D eigenvalue weighted by Gasteiger charge is 1.98. The molecule has 12 heavy (non-hydrogen) atoms. The maximum absolute atomic E-state index is 10.3. The lowest BCUT2D eigenvalue weighted by molar-refractivity contribution is 0.395. The Balaban J connectivity index is 3.31. The molecule has 2 nitrogen and oxygen atoms in total. The van der Waals surface area contributed by atoms with Crippen molar-refractivity contribution >= 4 is 6.41 Å². The van der Waals surface area contributed by atoms with Gasteiger partial charge in [0.2, 0.25) is 0 Å². The molecule has 0 unspecified atom stereocenters. The van der Waals surface area contributed by atoms with E-state index in [1.165, 1.54) is 19.3 Å². The fourth-order valence-electron chi connectivity index (χ4n) is 1.06. The number of carbonyl (C=O) groups excluding carboxylic acids is 1. The van der Waals surface area contributed by atoms with Crippen molar-refractivity contribution in [2.24, 2.45) is 0 Å². The molecule has 0 aliphatic carbocycles. The largest absolute Gasteiger partial charge is 0.331 e. The molecule has 1 radical (unpaired) electrons. The van der Waals surface area contributed by atoms with E-state index in [2.05, 4.69) is 13.5 Å². The third-order valence-corrected chi connectivity index (χ3v) is 1.76. The zero-order chi connectivity index (χ0) is 9.23. The molecule has 0 atom stereocenters. The van der Waals surface area contributed by atoms with Gasteiger partial charge in [0.05, 0.1) is 0 Å². The number of amides is 1. The maximum atomic E-state index is 10.3. The van der Waals surface area contributed by atoms with E-state index in [-0.39, 0.29) is 0 Å². The van der Waals surface area contributed by atoms with Gasteiger partial charge in [-0.05, 0) is 6.42 Å². The smallest absolute Gasteiger partial charge is 0.312 e. The fraction of sp³-hybridized carbons (Fsp3) is 0.700. The summed E-state index contributed by atoms with van der Waals surface area (Å²) in [5.41, 5.74) is 0.